The summed E-state index contributed by atoms with van der Waals surface area (Å²) in [6, 6.07) is 30.9. The molecule has 8 N–H and O–H groups in total. The Labute approximate surface area is 776 Å². The maximum absolute atomic E-state index is 13.3. The molecule has 47 heteroatoms. The van der Waals surface area contributed by atoms with Gasteiger partial charge < -0.3 is 42.2 Å². The van der Waals surface area contributed by atoms with Crippen molar-refractivity contribution in [1.82, 2.24) is 106 Å². The van der Waals surface area contributed by atoms with Crippen LogP contribution in [0.3, 0.4) is 0 Å². The SMILES string of the molecule is CNC(=O)C[C@H](NC(=O)c1cncc2c1cnn2-c1ccc(F)cc1)c1ccnc(S(C)(=O)=O)c1.COC(=O)C[C@H](NC(=O)c1cncc2c1cnn2-c1ccc(F)cc1)c1ccnc(S(C)(=O)=O)c1.CS(=O)(=O)c1cc([C@H](CC(N)=O)NC(=O)c2cncc3c2cnn3-c2ccc(F)cc2)ccn1.CS(=O)(=O)c1cc([C@H](CCO)NC(=O)c2cncc3c2cnn3-c2ccc(F)cc2)ccn1. The lowest BCUT2D eigenvalue weighted by molar-refractivity contribution is -0.141. The molecule has 12 aromatic heterocycles. The van der Waals surface area contributed by atoms with Crippen molar-refractivity contribution in [3.63, 3.8) is 0 Å². The topological polar surface area (TPSA) is 546 Å². The molecule has 0 aliphatic heterocycles. The monoisotopic (exact) mass is 1940 g/mol. The van der Waals surface area contributed by atoms with Gasteiger partial charge in [-0.2, -0.15) is 20.4 Å². The summed E-state index contributed by atoms with van der Waals surface area (Å²) in [5.41, 5.74) is 12.2. The molecule has 0 saturated heterocycles. The van der Waals surface area contributed by atoms with Crippen LogP contribution in [0.4, 0.5) is 17.6 Å². The third kappa shape index (κ3) is 24.0. The van der Waals surface area contributed by atoms with E-state index < -0.39 is 111 Å². The normalized spacial score (nSPS) is 12.4. The van der Waals surface area contributed by atoms with Crippen LogP contribution in [0.25, 0.3) is 66.4 Å². The number of ether oxygens (including phenoxy) is 1. The van der Waals surface area contributed by atoms with Crippen molar-refractivity contribution in [3.05, 3.63) is 313 Å². The first-order valence-corrected chi connectivity index (χ1v) is 48.2. The molecule has 137 heavy (non-hydrogen) atoms. The van der Waals surface area contributed by atoms with E-state index in [0.717, 1.165) is 25.0 Å². The zero-order valence-corrected chi connectivity index (χ0v) is 76.1. The van der Waals surface area contributed by atoms with Gasteiger partial charge in [0, 0.05) is 110 Å². The van der Waals surface area contributed by atoms with Gasteiger partial charge in [-0.25, -0.2) is 89.9 Å². The van der Waals surface area contributed by atoms with Crippen LogP contribution in [-0.4, -0.2) is 205 Å². The predicted octanol–water partition coefficient (Wildman–Crippen LogP) is 8.27. The molecule has 0 aliphatic rings. The van der Waals surface area contributed by atoms with Crippen LogP contribution < -0.4 is 32.3 Å². The van der Waals surface area contributed by atoms with Crippen molar-refractivity contribution in [2.75, 3.05) is 45.8 Å². The quantitative estimate of drug-likeness (QED) is 0.0179. The first-order valence-electron chi connectivity index (χ1n) is 40.6. The molecule has 0 spiro atoms. The smallest absolute Gasteiger partial charge is 0.307 e. The Hall–Kier alpha value is -16.3. The van der Waals surface area contributed by atoms with Gasteiger partial charge in [-0.1, -0.05) is 0 Å². The second kappa shape index (κ2) is 42.3. The first kappa shape index (κ1) is 98.2. The molecule has 0 saturated carbocycles. The molecule has 39 nitrogen and oxygen atoms in total. The Morgan fingerprint density at radius 3 is 0.854 bits per heavy atom. The second-order valence-corrected chi connectivity index (χ2v) is 38.2. The summed E-state index contributed by atoms with van der Waals surface area (Å²) >= 11 is 0. The number of benzene rings is 4. The number of hydrogen-bond donors (Lipinski definition) is 7. The third-order valence-electron chi connectivity index (χ3n) is 20.7. The molecule has 6 amide bonds. The molecular weight excluding hydrogens is 1870 g/mol. The van der Waals surface area contributed by atoms with Crippen LogP contribution in [-0.2, 0) is 58.5 Å². The Morgan fingerprint density at radius 1 is 0.365 bits per heavy atom. The summed E-state index contributed by atoms with van der Waals surface area (Å²) in [6.45, 7) is -0.230. The van der Waals surface area contributed by atoms with Crippen LogP contribution in [0.5, 0.6) is 0 Å². The summed E-state index contributed by atoms with van der Waals surface area (Å²) < 4.78 is 159. The van der Waals surface area contributed by atoms with E-state index in [1.54, 1.807) is 65.5 Å². The van der Waals surface area contributed by atoms with Crippen molar-refractivity contribution in [2.24, 2.45) is 5.73 Å². The number of carbonyl (C=O) groups is 7. The number of nitrogens with two attached hydrogens (primary N) is 1. The molecular formula is C90H80F4N22O17S4. The summed E-state index contributed by atoms with van der Waals surface area (Å²) in [6.07, 6.45) is 26.4. The molecule has 12 heterocycles. The van der Waals surface area contributed by atoms with E-state index >= 15 is 0 Å². The highest BCUT2D eigenvalue weighted by molar-refractivity contribution is 7.91. The van der Waals surface area contributed by atoms with Crippen molar-refractivity contribution in [1.29, 1.82) is 0 Å². The van der Waals surface area contributed by atoms with Crippen molar-refractivity contribution in [3.8, 4) is 22.7 Å². The van der Waals surface area contributed by atoms with Crippen LogP contribution in [0.15, 0.2) is 265 Å². The lowest BCUT2D eigenvalue weighted by Crippen LogP contribution is -2.33. The van der Waals surface area contributed by atoms with Gasteiger partial charge in [-0.3, -0.25) is 53.5 Å². The van der Waals surface area contributed by atoms with Crippen molar-refractivity contribution in [2.45, 2.75) is 70.0 Å². The number of esters is 1. The van der Waals surface area contributed by atoms with E-state index in [1.165, 1.54) is 212 Å². The summed E-state index contributed by atoms with van der Waals surface area (Å²) in [5.74, 6) is -5.33. The number of aliphatic hydroxyl groups excluding tert-OH is 1. The molecule has 0 fully saturated rings. The number of nitrogens with zero attached hydrogens (tertiary/aromatic N) is 16. The largest absolute Gasteiger partial charge is 0.469 e. The molecule has 0 unspecified atom stereocenters. The molecule has 704 valence electrons. The summed E-state index contributed by atoms with van der Waals surface area (Å²) in [7, 11) is -11.7. The van der Waals surface area contributed by atoms with Gasteiger partial charge in [-0.05, 0) is 174 Å². The lowest BCUT2D eigenvalue weighted by atomic mass is 10.0. The Bertz CT molecular complexity index is 7550. The standard InChI is InChI=1S/C23H21FN6O4S.C23H20FN5O5S.C22H19FN6O4S.C22H20FN5O4S/c1-25-21(31)10-19(14-7-8-27-22(9-14)35(2,33)34)29-23(32)18-11-26-13-20-17(18)12-28-30(20)16-5-3-15(24)4-6-16;1-34-22(30)10-19(14-7-8-26-21(9-14)35(2,32)33)28-23(31)18-11-25-13-20-17(18)12-27-29(20)16-5-3-15(24)4-6-16;1-34(32,33)21-8-13(6-7-26-21)18(9-20(24)30)28-22(31)17-10-25-12-19-16(17)11-27-29(19)15-4-2-14(23)3-5-15;1-33(31,32)21-10-14(6-8-25-21)19(7-9-29)27-22(30)18-11-24-13-20-17(18)12-26-28(20)16-4-2-15(23)3-5-16/h3-9,11-13,19H,10H2,1-2H3,(H,25,31)(H,29,32);3-9,11-13,19H,10H2,1-2H3,(H,28,31);2-8,10-12,18H,9H2,1H3,(H2,24,30)(H,28,31);2-6,8,10-13,19,29H,7,9H2,1H3,(H,27,30)/t2*19-;18-;19-/m0000/s1. The molecule has 4 atom stereocenters. The minimum atomic E-state index is -3.61. The fourth-order valence-electron chi connectivity index (χ4n) is 13.9. The van der Waals surface area contributed by atoms with Crippen molar-refractivity contribution < 1.29 is 94.6 Å². The highest BCUT2D eigenvalue weighted by atomic mass is 32.2. The summed E-state index contributed by atoms with van der Waals surface area (Å²) in [5, 5.41) is 41.6. The maximum atomic E-state index is 13.3. The van der Waals surface area contributed by atoms with E-state index in [9.17, 15) is 89.9 Å². The fourth-order valence-corrected chi connectivity index (χ4v) is 16.3. The zero-order chi connectivity index (χ0) is 98.4. The number of carbonyl (C=O) groups excluding carboxylic acids is 7. The maximum Gasteiger partial charge on any atom is 0.307 e. The molecule has 16 rings (SSSR count). The number of aromatic nitrogens is 16. The van der Waals surface area contributed by atoms with Crippen molar-refractivity contribution >= 4 is 124 Å². The Balaban J connectivity index is 0.000000154. The van der Waals surface area contributed by atoms with Gasteiger partial charge in [0.05, 0.1) is 167 Å². The highest BCUT2D eigenvalue weighted by Gasteiger charge is 2.30. The number of nitrogens with one attached hydrogen (secondary N) is 5. The van der Waals surface area contributed by atoms with Gasteiger partial charge in [0.1, 0.15) is 23.3 Å². The van der Waals surface area contributed by atoms with E-state index in [-0.39, 0.29) is 92.2 Å². The number of halogens is 4. The number of hydrogen-bond acceptors (Lipinski definition) is 29. The van der Waals surface area contributed by atoms with Crippen LogP contribution in [0.2, 0.25) is 0 Å². The van der Waals surface area contributed by atoms with Crippen LogP contribution in [0, 0.1) is 23.3 Å². The van der Waals surface area contributed by atoms with Gasteiger partial charge >= 0.3 is 5.97 Å². The van der Waals surface area contributed by atoms with Gasteiger partial charge in [-0.15, -0.1) is 0 Å². The number of pyridine rings is 8. The molecule has 0 aliphatic carbocycles. The average molecular weight is 1950 g/mol. The van der Waals surface area contributed by atoms with Crippen LogP contribution in [0.1, 0.15) is 114 Å². The Kier molecular flexibility index (Phi) is 30.3. The number of primary amides is 1. The second-order valence-electron chi connectivity index (χ2n) is 30.4. The predicted molar refractivity (Wildman–Crippen MR) is 486 cm³/mol. The van der Waals surface area contributed by atoms with Gasteiger partial charge in [0.2, 0.25) is 11.8 Å². The number of fused-ring (bicyclic) bond motifs is 4. The summed E-state index contributed by atoms with van der Waals surface area (Å²) in [4.78, 5) is 121. The van der Waals surface area contributed by atoms with E-state index in [2.05, 4.69) is 86.9 Å². The molecule has 0 bridgehead atoms. The minimum Gasteiger partial charge on any atom is -0.469 e. The Morgan fingerprint density at radius 2 is 0.613 bits per heavy atom. The van der Waals surface area contributed by atoms with Crippen LogP contribution >= 0.6 is 0 Å². The van der Waals surface area contributed by atoms with E-state index in [1.807, 2.05) is 0 Å². The zero-order valence-electron chi connectivity index (χ0n) is 72.8. The third-order valence-corrected chi connectivity index (χ3v) is 24.7. The molecule has 4 aromatic carbocycles. The number of sulfone groups is 4. The number of aliphatic hydroxyl groups is 1. The van der Waals surface area contributed by atoms with Gasteiger partial charge in [0.25, 0.3) is 23.6 Å². The number of amides is 6. The average Bonchev–Trinajstić information content (AvgIpc) is 1.60. The fraction of sp³-hybridized carbons (Fsp3) is 0.167. The number of rotatable bonds is 28. The minimum absolute atomic E-state index is 0.124. The van der Waals surface area contributed by atoms with E-state index in [4.69, 9.17) is 10.5 Å². The van der Waals surface area contributed by atoms with E-state index in [0.29, 0.717) is 88.6 Å². The van der Waals surface area contributed by atoms with Gasteiger partial charge in [0.15, 0.2) is 59.5 Å². The molecule has 0 radical (unpaired) electrons. The highest BCUT2D eigenvalue weighted by Crippen LogP contribution is 2.32. The lowest BCUT2D eigenvalue weighted by Gasteiger charge is -2.19. The molecule has 16 aromatic rings. The first-order chi connectivity index (χ1) is 65.2. The number of methoxy groups -OCH3 is 1.